The van der Waals surface area contributed by atoms with Crippen molar-refractivity contribution < 1.29 is 13.9 Å². The molecule has 0 unspecified atom stereocenters. The maximum Gasteiger partial charge on any atom is 0.379 e. The van der Waals surface area contributed by atoms with Crippen molar-refractivity contribution >= 4 is 29.0 Å². The fourth-order valence-electron chi connectivity index (χ4n) is 3.29. The molecule has 1 aromatic heterocycles. The van der Waals surface area contributed by atoms with Gasteiger partial charge in [0.05, 0.1) is 5.71 Å². The Kier molecular flexibility index (Phi) is 5.06. The second-order valence-corrected chi connectivity index (χ2v) is 8.05. The molecule has 1 aromatic carbocycles. The molecule has 1 aliphatic carbocycles. The summed E-state index contributed by atoms with van der Waals surface area (Å²) in [4.78, 5) is 12.7. The number of hydrazone groups is 1. The normalized spacial score (nSPS) is 16.7. The fourth-order valence-corrected chi connectivity index (χ4v) is 3.33. The van der Waals surface area contributed by atoms with E-state index in [-0.39, 0.29) is 16.3 Å². The van der Waals surface area contributed by atoms with Gasteiger partial charge in [0.15, 0.2) is 5.11 Å². The lowest BCUT2D eigenvalue weighted by Gasteiger charge is -2.29. The molecule has 3 N–H and O–H groups in total. The van der Waals surface area contributed by atoms with Gasteiger partial charge in [-0.1, -0.05) is 31.5 Å². The van der Waals surface area contributed by atoms with Crippen LogP contribution < -0.4 is 15.9 Å². The maximum absolute atomic E-state index is 12.7. The van der Waals surface area contributed by atoms with Crippen LogP contribution >= 0.6 is 12.2 Å². The summed E-state index contributed by atoms with van der Waals surface area (Å²) in [7, 11) is 0. The zero-order valence-corrected chi connectivity index (χ0v) is 16.7. The van der Waals surface area contributed by atoms with E-state index in [0.29, 0.717) is 24.2 Å². The molecule has 0 atom stereocenters. The predicted molar refractivity (Wildman–Crippen MR) is 108 cm³/mol. The summed E-state index contributed by atoms with van der Waals surface area (Å²) < 4.78 is 11.4. The van der Waals surface area contributed by atoms with Crippen LogP contribution in [0.2, 0.25) is 0 Å². The third kappa shape index (κ3) is 4.19. The molecule has 0 fully saturated rings. The van der Waals surface area contributed by atoms with Crippen LogP contribution in [0.15, 0.2) is 33.8 Å². The molecule has 0 spiro atoms. The molecule has 0 aliphatic heterocycles. The molecule has 1 aliphatic rings. The topological polar surface area (TPSA) is 89.8 Å². The lowest BCUT2D eigenvalue weighted by Crippen LogP contribution is -2.31. The molecule has 142 valence electrons. The average molecular weight is 385 g/mol. The first kappa shape index (κ1) is 19.1. The molecule has 0 radical (unpaired) electrons. The van der Waals surface area contributed by atoms with E-state index in [1.807, 2.05) is 26.0 Å². The Morgan fingerprint density at radius 3 is 2.56 bits per heavy atom. The molecule has 0 amide bonds. The van der Waals surface area contributed by atoms with Crippen LogP contribution in [0.5, 0.6) is 5.75 Å². The quantitative estimate of drug-likeness (QED) is 0.363. The first-order valence-corrected chi connectivity index (χ1v) is 9.10. The molecular weight excluding hydrogens is 362 g/mol. The van der Waals surface area contributed by atoms with Gasteiger partial charge in [-0.15, -0.1) is 0 Å². The van der Waals surface area contributed by atoms with Crippen molar-refractivity contribution in [3.8, 4) is 5.75 Å². The Labute approximate surface area is 163 Å². The Bertz CT molecular complexity index is 927. The smallest absolute Gasteiger partial charge is 0.379 e. The van der Waals surface area contributed by atoms with Gasteiger partial charge >= 0.3 is 5.97 Å². The number of thiocarbonyl (C=S) groups is 1. The first-order chi connectivity index (χ1) is 12.7. The van der Waals surface area contributed by atoms with Crippen LogP contribution in [0.3, 0.4) is 0 Å². The number of carbonyl (C=O) groups excluding carboxylic acids is 1. The molecular formula is C20H23N3O3S. The van der Waals surface area contributed by atoms with Gasteiger partial charge in [0.25, 0.3) is 0 Å². The summed E-state index contributed by atoms with van der Waals surface area (Å²) >= 11 is 4.84. The van der Waals surface area contributed by atoms with Gasteiger partial charge in [-0.05, 0) is 50.0 Å². The number of nitrogens with two attached hydrogens (primary N) is 1. The fraction of sp³-hybridized carbons (Fsp3) is 0.350. The van der Waals surface area contributed by atoms with E-state index in [1.165, 1.54) is 0 Å². The molecule has 6 nitrogen and oxygen atoms in total. The van der Waals surface area contributed by atoms with Gasteiger partial charge in [0.2, 0.25) is 5.76 Å². The minimum absolute atomic E-state index is 0.0633. The Balaban J connectivity index is 1.95. The third-order valence-corrected chi connectivity index (χ3v) is 4.60. The van der Waals surface area contributed by atoms with Crippen LogP contribution in [-0.2, 0) is 6.42 Å². The number of nitrogens with one attached hydrogen (secondary N) is 1. The number of ether oxygens (including phenoxy) is 1. The SMILES string of the molecule is Cc1ccc(OC(=O)c2oc3c(c2C)/C(=N\NC(N)=S)CC(C)(C)C3)cc1. The minimum atomic E-state index is -0.523. The zero-order chi connectivity index (χ0) is 19.8. The number of esters is 1. The summed E-state index contributed by atoms with van der Waals surface area (Å²) in [6, 6.07) is 7.29. The lowest BCUT2D eigenvalue weighted by molar-refractivity contribution is 0.0697. The Hall–Kier alpha value is -2.67. The molecule has 2 aromatic rings. The first-order valence-electron chi connectivity index (χ1n) is 8.70. The standard InChI is InChI=1S/C20H23N3O3S/c1-11-5-7-13(8-6-11)25-18(24)17-12(2)16-14(22-23-19(21)27)9-20(3,4)10-15(16)26-17/h5-8H,9-10H2,1-4H3,(H3,21,23,27)/b22-14-. The number of carbonyl (C=O) groups is 1. The molecule has 27 heavy (non-hydrogen) atoms. The van der Waals surface area contributed by atoms with Gasteiger partial charge in [-0.2, -0.15) is 5.10 Å². The van der Waals surface area contributed by atoms with Crippen molar-refractivity contribution in [1.82, 2.24) is 5.43 Å². The number of hydrogen-bond donors (Lipinski definition) is 2. The van der Waals surface area contributed by atoms with E-state index in [1.54, 1.807) is 12.1 Å². The van der Waals surface area contributed by atoms with Gasteiger partial charge < -0.3 is 14.9 Å². The molecule has 7 heteroatoms. The second kappa shape index (κ2) is 7.15. The number of rotatable bonds is 3. The number of furan rings is 1. The van der Waals surface area contributed by atoms with Gasteiger partial charge in [0, 0.05) is 17.5 Å². The van der Waals surface area contributed by atoms with Crippen LogP contribution in [-0.4, -0.2) is 16.8 Å². The van der Waals surface area contributed by atoms with Crippen molar-refractivity contribution in [2.75, 3.05) is 0 Å². The van der Waals surface area contributed by atoms with E-state index in [0.717, 1.165) is 22.6 Å². The average Bonchev–Trinajstić information content (AvgIpc) is 2.90. The summed E-state index contributed by atoms with van der Waals surface area (Å²) in [5.41, 5.74) is 11.5. The molecule has 0 saturated heterocycles. The van der Waals surface area contributed by atoms with Crippen molar-refractivity contribution in [3.05, 3.63) is 52.5 Å². The largest absolute Gasteiger partial charge is 0.453 e. The second-order valence-electron chi connectivity index (χ2n) is 7.61. The highest BCUT2D eigenvalue weighted by Gasteiger charge is 2.36. The summed E-state index contributed by atoms with van der Waals surface area (Å²) in [6.07, 6.45) is 1.41. The van der Waals surface area contributed by atoms with Crippen molar-refractivity contribution in [2.45, 2.75) is 40.5 Å². The Morgan fingerprint density at radius 1 is 1.26 bits per heavy atom. The van der Waals surface area contributed by atoms with E-state index in [4.69, 9.17) is 27.1 Å². The zero-order valence-electron chi connectivity index (χ0n) is 15.9. The lowest BCUT2D eigenvalue weighted by atomic mass is 9.75. The summed E-state index contributed by atoms with van der Waals surface area (Å²) in [5.74, 6) is 0.873. The van der Waals surface area contributed by atoms with Crippen molar-refractivity contribution in [2.24, 2.45) is 16.3 Å². The van der Waals surface area contributed by atoms with Gasteiger partial charge in [-0.3, -0.25) is 5.43 Å². The highest BCUT2D eigenvalue weighted by Crippen LogP contribution is 2.39. The van der Waals surface area contributed by atoms with Crippen molar-refractivity contribution in [3.63, 3.8) is 0 Å². The third-order valence-electron chi connectivity index (χ3n) is 4.51. The van der Waals surface area contributed by atoms with Crippen LogP contribution in [0, 0.1) is 19.3 Å². The highest BCUT2D eigenvalue weighted by molar-refractivity contribution is 7.80. The van der Waals surface area contributed by atoms with E-state index >= 15 is 0 Å². The van der Waals surface area contributed by atoms with Gasteiger partial charge in [-0.25, -0.2) is 4.79 Å². The molecule has 3 rings (SSSR count). The monoisotopic (exact) mass is 385 g/mol. The van der Waals surface area contributed by atoms with E-state index in [9.17, 15) is 4.79 Å². The number of benzene rings is 1. The Morgan fingerprint density at radius 2 is 1.93 bits per heavy atom. The summed E-state index contributed by atoms with van der Waals surface area (Å²) in [6.45, 7) is 8.05. The molecule has 0 saturated carbocycles. The predicted octanol–water partition coefficient (Wildman–Crippen LogP) is 3.63. The van der Waals surface area contributed by atoms with Gasteiger partial charge in [0.1, 0.15) is 11.5 Å². The van der Waals surface area contributed by atoms with Crippen LogP contribution in [0.1, 0.15) is 53.3 Å². The van der Waals surface area contributed by atoms with Crippen LogP contribution in [0.4, 0.5) is 0 Å². The van der Waals surface area contributed by atoms with E-state index < -0.39 is 5.97 Å². The minimum Gasteiger partial charge on any atom is -0.453 e. The molecule has 0 bridgehead atoms. The van der Waals surface area contributed by atoms with Crippen LogP contribution in [0.25, 0.3) is 0 Å². The maximum atomic E-state index is 12.7. The number of hydrogen-bond acceptors (Lipinski definition) is 5. The highest BCUT2D eigenvalue weighted by atomic mass is 32.1. The molecule has 1 heterocycles. The van der Waals surface area contributed by atoms with E-state index in [2.05, 4.69) is 24.4 Å². The summed E-state index contributed by atoms with van der Waals surface area (Å²) in [5, 5.41) is 4.43. The number of nitrogens with zero attached hydrogens (tertiary/aromatic N) is 1. The van der Waals surface area contributed by atoms with Crippen molar-refractivity contribution in [1.29, 1.82) is 0 Å². The number of aryl methyl sites for hydroxylation is 1. The number of fused-ring (bicyclic) bond motifs is 1.